The molecule has 1 unspecified atom stereocenters. The van der Waals surface area contributed by atoms with Crippen molar-refractivity contribution in [3.63, 3.8) is 0 Å². The molecule has 1 heterocycles. The van der Waals surface area contributed by atoms with Crippen LogP contribution in [-0.2, 0) is 0 Å². The second-order valence-electron chi connectivity index (χ2n) is 3.97. The van der Waals surface area contributed by atoms with Crippen molar-refractivity contribution in [3.05, 3.63) is 54.0 Å². The fourth-order valence-corrected chi connectivity index (χ4v) is 1.62. The van der Waals surface area contributed by atoms with E-state index in [-0.39, 0.29) is 12.5 Å². The molecule has 2 rings (SSSR count). The number of rotatable bonds is 5. The number of aliphatic hydroxyl groups is 1. The third-order valence-electron chi connectivity index (χ3n) is 2.68. The molecule has 0 fully saturated rings. The lowest BCUT2D eigenvalue weighted by molar-refractivity contribution is 0.0901. The smallest absolute Gasteiger partial charge is 0.251 e. The van der Waals surface area contributed by atoms with Gasteiger partial charge in [0.05, 0.1) is 19.9 Å². The van der Waals surface area contributed by atoms with Gasteiger partial charge in [-0.05, 0) is 36.4 Å². The molecule has 0 saturated heterocycles. The largest absolute Gasteiger partial charge is 0.497 e. The monoisotopic (exact) mass is 261 g/mol. The zero-order valence-corrected chi connectivity index (χ0v) is 10.5. The van der Waals surface area contributed by atoms with Gasteiger partial charge in [0.2, 0.25) is 0 Å². The summed E-state index contributed by atoms with van der Waals surface area (Å²) in [5, 5.41) is 12.4. The highest BCUT2D eigenvalue weighted by molar-refractivity contribution is 5.94. The molecule has 5 nitrogen and oxygen atoms in total. The van der Waals surface area contributed by atoms with E-state index in [4.69, 9.17) is 9.15 Å². The van der Waals surface area contributed by atoms with Crippen molar-refractivity contribution < 1.29 is 19.1 Å². The number of carbonyl (C=O) groups is 1. The molecule has 1 amide bonds. The number of aliphatic hydroxyl groups excluding tert-OH is 1. The molecule has 1 aromatic heterocycles. The van der Waals surface area contributed by atoms with E-state index < -0.39 is 6.10 Å². The van der Waals surface area contributed by atoms with Gasteiger partial charge in [-0.2, -0.15) is 0 Å². The van der Waals surface area contributed by atoms with E-state index in [1.807, 2.05) is 0 Å². The molecule has 0 bridgehead atoms. The van der Waals surface area contributed by atoms with E-state index in [0.717, 1.165) is 0 Å². The highest BCUT2D eigenvalue weighted by Crippen LogP contribution is 2.13. The number of hydrogen-bond acceptors (Lipinski definition) is 4. The molecule has 2 N–H and O–H groups in total. The van der Waals surface area contributed by atoms with Crippen LogP contribution in [-0.4, -0.2) is 24.7 Å². The molecular weight excluding hydrogens is 246 g/mol. The number of methoxy groups -OCH3 is 1. The molecule has 0 radical (unpaired) electrons. The average Bonchev–Trinajstić information content (AvgIpc) is 2.98. The number of ether oxygens (including phenoxy) is 1. The second-order valence-corrected chi connectivity index (χ2v) is 3.97. The Bertz CT molecular complexity index is 519. The summed E-state index contributed by atoms with van der Waals surface area (Å²) in [6, 6.07) is 10.1. The average molecular weight is 261 g/mol. The lowest BCUT2D eigenvalue weighted by Gasteiger charge is -2.09. The summed E-state index contributed by atoms with van der Waals surface area (Å²) in [5.74, 6) is 0.857. The normalized spacial score (nSPS) is 11.9. The number of furan rings is 1. The molecule has 100 valence electrons. The Labute approximate surface area is 110 Å². The number of nitrogens with one attached hydrogen (secondary N) is 1. The van der Waals surface area contributed by atoms with Gasteiger partial charge in [0.1, 0.15) is 17.6 Å². The maximum atomic E-state index is 11.8. The van der Waals surface area contributed by atoms with Crippen LogP contribution in [0, 0.1) is 0 Å². The van der Waals surface area contributed by atoms with Gasteiger partial charge in [0.25, 0.3) is 5.91 Å². The molecule has 0 aliphatic heterocycles. The first-order valence-corrected chi connectivity index (χ1v) is 5.84. The first-order valence-electron chi connectivity index (χ1n) is 5.84. The highest BCUT2D eigenvalue weighted by Gasteiger charge is 2.12. The molecule has 0 aliphatic carbocycles. The van der Waals surface area contributed by atoms with Gasteiger partial charge >= 0.3 is 0 Å². The number of benzene rings is 1. The maximum absolute atomic E-state index is 11.8. The predicted octanol–water partition coefficient (Wildman–Crippen LogP) is 1.75. The minimum absolute atomic E-state index is 0.0956. The SMILES string of the molecule is COc1ccc(C(=O)NCC(O)c2ccco2)cc1. The lowest BCUT2D eigenvalue weighted by atomic mass is 10.2. The van der Waals surface area contributed by atoms with Crippen LogP contribution in [0.5, 0.6) is 5.75 Å². The number of carbonyl (C=O) groups excluding carboxylic acids is 1. The van der Waals surface area contributed by atoms with Gasteiger partial charge in [-0.25, -0.2) is 0 Å². The molecule has 0 spiro atoms. The molecule has 19 heavy (non-hydrogen) atoms. The van der Waals surface area contributed by atoms with Crippen LogP contribution in [0.1, 0.15) is 22.2 Å². The van der Waals surface area contributed by atoms with Crippen LogP contribution >= 0.6 is 0 Å². The summed E-state index contributed by atoms with van der Waals surface area (Å²) in [6.45, 7) is 0.0956. The van der Waals surface area contributed by atoms with Crippen LogP contribution in [0.3, 0.4) is 0 Å². The third kappa shape index (κ3) is 3.35. The van der Waals surface area contributed by atoms with E-state index in [1.165, 1.54) is 6.26 Å². The molecular formula is C14H15NO4. The van der Waals surface area contributed by atoms with E-state index in [9.17, 15) is 9.90 Å². The summed E-state index contributed by atoms with van der Waals surface area (Å²) in [4.78, 5) is 11.8. The molecule has 2 aromatic rings. The van der Waals surface area contributed by atoms with Crippen molar-refractivity contribution in [3.8, 4) is 5.75 Å². The van der Waals surface area contributed by atoms with E-state index >= 15 is 0 Å². The van der Waals surface area contributed by atoms with Gasteiger partial charge in [0, 0.05) is 5.56 Å². The maximum Gasteiger partial charge on any atom is 0.251 e. The van der Waals surface area contributed by atoms with E-state index in [0.29, 0.717) is 17.1 Å². The Kier molecular flexibility index (Phi) is 4.20. The highest BCUT2D eigenvalue weighted by atomic mass is 16.5. The Morgan fingerprint density at radius 2 is 2.11 bits per heavy atom. The van der Waals surface area contributed by atoms with Gasteiger partial charge in [0.15, 0.2) is 0 Å². The van der Waals surface area contributed by atoms with Crippen molar-refractivity contribution in [2.45, 2.75) is 6.10 Å². The minimum Gasteiger partial charge on any atom is -0.497 e. The predicted molar refractivity (Wildman–Crippen MR) is 69.0 cm³/mol. The fraction of sp³-hybridized carbons (Fsp3) is 0.214. The summed E-state index contributed by atoms with van der Waals surface area (Å²) < 4.78 is 10.1. The van der Waals surface area contributed by atoms with Gasteiger partial charge < -0.3 is 19.6 Å². The van der Waals surface area contributed by atoms with Crippen LogP contribution in [0.15, 0.2) is 47.1 Å². The van der Waals surface area contributed by atoms with Crippen LogP contribution in [0.25, 0.3) is 0 Å². The topological polar surface area (TPSA) is 71.7 Å². The Hall–Kier alpha value is -2.27. The lowest BCUT2D eigenvalue weighted by Crippen LogP contribution is -2.28. The van der Waals surface area contributed by atoms with Crippen molar-refractivity contribution >= 4 is 5.91 Å². The summed E-state index contributed by atoms with van der Waals surface area (Å²) in [5.41, 5.74) is 0.507. The van der Waals surface area contributed by atoms with Crippen LogP contribution < -0.4 is 10.1 Å². The van der Waals surface area contributed by atoms with Crippen LogP contribution in [0.4, 0.5) is 0 Å². The summed E-state index contributed by atoms with van der Waals surface area (Å²) in [6.07, 6.45) is 0.626. The number of hydrogen-bond donors (Lipinski definition) is 2. The molecule has 5 heteroatoms. The third-order valence-corrected chi connectivity index (χ3v) is 2.68. The van der Waals surface area contributed by atoms with E-state index in [2.05, 4.69) is 5.32 Å². The van der Waals surface area contributed by atoms with Gasteiger partial charge in [-0.1, -0.05) is 0 Å². The summed E-state index contributed by atoms with van der Waals surface area (Å²) in [7, 11) is 1.56. The fourth-order valence-electron chi connectivity index (χ4n) is 1.62. The van der Waals surface area contributed by atoms with Gasteiger partial charge in [-0.3, -0.25) is 4.79 Å². The quantitative estimate of drug-likeness (QED) is 0.860. The zero-order chi connectivity index (χ0) is 13.7. The van der Waals surface area contributed by atoms with Crippen LogP contribution in [0.2, 0.25) is 0 Å². The zero-order valence-electron chi connectivity index (χ0n) is 10.5. The Balaban J connectivity index is 1.90. The first kappa shape index (κ1) is 13.2. The first-order chi connectivity index (χ1) is 9.20. The molecule has 0 saturated carbocycles. The molecule has 0 aliphatic rings. The van der Waals surface area contributed by atoms with Gasteiger partial charge in [-0.15, -0.1) is 0 Å². The van der Waals surface area contributed by atoms with Crippen molar-refractivity contribution in [2.75, 3.05) is 13.7 Å². The Morgan fingerprint density at radius 3 is 2.68 bits per heavy atom. The Morgan fingerprint density at radius 1 is 1.37 bits per heavy atom. The number of amides is 1. The minimum atomic E-state index is -0.850. The molecule has 1 atom stereocenters. The standard InChI is InChI=1S/C14H15NO4/c1-18-11-6-4-10(5-7-11)14(17)15-9-12(16)13-3-2-8-19-13/h2-8,12,16H,9H2,1H3,(H,15,17). The van der Waals surface area contributed by atoms with Crippen molar-refractivity contribution in [1.82, 2.24) is 5.32 Å². The summed E-state index contributed by atoms with van der Waals surface area (Å²) >= 11 is 0. The second kappa shape index (κ2) is 6.06. The molecule has 1 aromatic carbocycles. The van der Waals surface area contributed by atoms with Crippen molar-refractivity contribution in [1.29, 1.82) is 0 Å². The van der Waals surface area contributed by atoms with E-state index in [1.54, 1.807) is 43.5 Å². The van der Waals surface area contributed by atoms with Crippen molar-refractivity contribution in [2.24, 2.45) is 0 Å².